The van der Waals surface area contributed by atoms with Crippen molar-refractivity contribution >= 4 is 5.78 Å². The van der Waals surface area contributed by atoms with Gasteiger partial charge in [-0.2, -0.15) is 0 Å². The molecular weight excluding hydrogens is 296 g/mol. The van der Waals surface area contributed by atoms with E-state index in [1.54, 1.807) is 0 Å². The fraction of sp³-hybridized carbons (Fsp3) is 0.136. The molecule has 1 saturated heterocycles. The molecular formula is C22H18O2. The molecule has 0 aliphatic carbocycles. The summed E-state index contributed by atoms with van der Waals surface area (Å²) in [6, 6.07) is 27.4. The van der Waals surface area contributed by atoms with Crippen molar-refractivity contribution in [2.75, 3.05) is 0 Å². The number of aryl methyl sites for hydroxylation is 1. The third-order valence-electron chi connectivity index (χ3n) is 4.57. The van der Waals surface area contributed by atoms with Crippen LogP contribution in [-0.4, -0.2) is 5.78 Å². The Bertz CT molecular complexity index is 853. The first-order chi connectivity index (χ1) is 11.7. The Hall–Kier alpha value is -2.71. The van der Waals surface area contributed by atoms with E-state index in [9.17, 15) is 4.79 Å². The van der Waals surface area contributed by atoms with E-state index < -0.39 is 5.60 Å². The largest absolute Gasteiger partial charge is 0.347 e. The summed E-state index contributed by atoms with van der Waals surface area (Å²) in [4.78, 5) is 13.3. The first-order valence-corrected chi connectivity index (χ1v) is 8.11. The van der Waals surface area contributed by atoms with Crippen LogP contribution >= 0.6 is 0 Å². The minimum absolute atomic E-state index is 0.0138. The minimum Gasteiger partial charge on any atom is -0.347 e. The van der Waals surface area contributed by atoms with Crippen LogP contribution in [0.25, 0.3) is 0 Å². The standard InChI is InChI=1S/C22H18O2/c1-16-12-14-18(15-13-16)21-22(24-21,19-10-6-3-7-11-19)20(23)17-8-4-2-5-9-17/h2-15,21H,1H3. The van der Waals surface area contributed by atoms with Gasteiger partial charge in [0.25, 0.3) is 0 Å². The molecule has 0 N–H and O–H groups in total. The van der Waals surface area contributed by atoms with Crippen molar-refractivity contribution in [2.24, 2.45) is 0 Å². The molecule has 0 spiro atoms. The van der Waals surface area contributed by atoms with E-state index in [0.29, 0.717) is 5.56 Å². The van der Waals surface area contributed by atoms with Crippen LogP contribution in [0.3, 0.4) is 0 Å². The smallest absolute Gasteiger partial charge is 0.202 e. The van der Waals surface area contributed by atoms with E-state index in [-0.39, 0.29) is 11.9 Å². The summed E-state index contributed by atoms with van der Waals surface area (Å²) in [5.41, 5.74) is 2.89. The van der Waals surface area contributed by atoms with Gasteiger partial charge in [-0.15, -0.1) is 0 Å². The number of ketones is 1. The number of Topliss-reactive ketones (excluding diaryl/α,β-unsaturated/α-hetero) is 1. The van der Waals surface area contributed by atoms with Crippen LogP contribution in [0.2, 0.25) is 0 Å². The van der Waals surface area contributed by atoms with Crippen LogP contribution in [0.5, 0.6) is 0 Å². The number of carbonyl (C=O) groups is 1. The van der Waals surface area contributed by atoms with Crippen LogP contribution in [0.1, 0.15) is 33.2 Å². The zero-order chi connectivity index (χ0) is 16.6. The molecule has 1 aliphatic rings. The molecule has 1 aliphatic heterocycles. The maximum Gasteiger partial charge on any atom is 0.202 e. The molecule has 1 heterocycles. The number of hydrogen-bond donors (Lipinski definition) is 0. The lowest BCUT2D eigenvalue weighted by Gasteiger charge is -2.13. The van der Waals surface area contributed by atoms with Gasteiger partial charge >= 0.3 is 0 Å². The van der Waals surface area contributed by atoms with E-state index in [1.807, 2.05) is 72.8 Å². The molecule has 0 aromatic heterocycles. The minimum atomic E-state index is -0.919. The summed E-state index contributed by atoms with van der Waals surface area (Å²) >= 11 is 0. The Morgan fingerprint density at radius 1 is 0.833 bits per heavy atom. The average molecular weight is 314 g/mol. The van der Waals surface area contributed by atoms with Crippen LogP contribution in [0.4, 0.5) is 0 Å². The number of carbonyl (C=O) groups excluding carboxylic acids is 1. The second-order valence-corrected chi connectivity index (χ2v) is 6.21. The van der Waals surface area contributed by atoms with E-state index >= 15 is 0 Å². The Kier molecular flexibility index (Phi) is 3.55. The van der Waals surface area contributed by atoms with Gasteiger partial charge in [0.05, 0.1) is 0 Å². The van der Waals surface area contributed by atoms with Crippen molar-refractivity contribution in [3.8, 4) is 0 Å². The van der Waals surface area contributed by atoms with Gasteiger partial charge in [-0.1, -0.05) is 90.5 Å². The lowest BCUT2D eigenvalue weighted by Crippen LogP contribution is -2.23. The normalized spacial score (nSPS) is 22.1. The first-order valence-electron chi connectivity index (χ1n) is 8.11. The summed E-state index contributed by atoms with van der Waals surface area (Å²) in [6.45, 7) is 2.05. The number of rotatable bonds is 4. The maximum atomic E-state index is 13.3. The molecule has 2 nitrogen and oxygen atoms in total. The molecule has 2 heteroatoms. The Labute approximate surface area is 141 Å². The van der Waals surface area contributed by atoms with Gasteiger partial charge in [0, 0.05) is 5.56 Å². The molecule has 0 radical (unpaired) electrons. The van der Waals surface area contributed by atoms with Crippen molar-refractivity contribution in [3.05, 3.63) is 107 Å². The lowest BCUT2D eigenvalue weighted by atomic mass is 9.85. The second kappa shape index (κ2) is 5.73. The Morgan fingerprint density at radius 2 is 1.42 bits per heavy atom. The number of epoxide rings is 1. The maximum absolute atomic E-state index is 13.3. The highest BCUT2D eigenvalue weighted by molar-refractivity contribution is 6.05. The zero-order valence-corrected chi connectivity index (χ0v) is 13.5. The molecule has 0 amide bonds. The molecule has 0 bridgehead atoms. The third kappa shape index (κ3) is 2.36. The highest BCUT2D eigenvalue weighted by Crippen LogP contribution is 2.58. The third-order valence-corrected chi connectivity index (χ3v) is 4.57. The summed E-state index contributed by atoms with van der Waals surface area (Å²) in [5.74, 6) is 0.0138. The highest BCUT2D eigenvalue weighted by atomic mass is 16.6. The SMILES string of the molecule is Cc1ccc(C2OC2(C(=O)c2ccccc2)c2ccccc2)cc1. The van der Waals surface area contributed by atoms with Crippen molar-refractivity contribution in [3.63, 3.8) is 0 Å². The fourth-order valence-electron chi connectivity index (χ4n) is 3.21. The quantitative estimate of drug-likeness (QED) is 0.509. The molecule has 24 heavy (non-hydrogen) atoms. The van der Waals surface area contributed by atoms with Gasteiger partial charge in [-0.3, -0.25) is 4.79 Å². The van der Waals surface area contributed by atoms with Crippen molar-refractivity contribution in [1.29, 1.82) is 0 Å². The van der Waals surface area contributed by atoms with Gasteiger partial charge in [0.2, 0.25) is 5.78 Å². The van der Waals surface area contributed by atoms with Crippen molar-refractivity contribution in [1.82, 2.24) is 0 Å². The molecule has 2 unspecified atom stereocenters. The van der Waals surface area contributed by atoms with E-state index in [4.69, 9.17) is 4.74 Å². The van der Waals surface area contributed by atoms with Crippen LogP contribution < -0.4 is 0 Å². The van der Waals surface area contributed by atoms with E-state index in [0.717, 1.165) is 11.1 Å². The van der Waals surface area contributed by atoms with Gasteiger partial charge in [-0.25, -0.2) is 0 Å². The van der Waals surface area contributed by atoms with E-state index in [2.05, 4.69) is 19.1 Å². The van der Waals surface area contributed by atoms with Crippen molar-refractivity contribution < 1.29 is 9.53 Å². The number of hydrogen-bond acceptors (Lipinski definition) is 2. The molecule has 3 aromatic carbocycles. The predicted octanol–water partition coefficient (Wildman–Crippen LogP) is 4.84. The molecule has 2 atom stereocenters. The predicted molar refractivity (Wildman–Crippen MR) is 93.9 cm³/mol. The highest BCUT2D eigenvalue weighted by Gasteiger charge is 2.64. The monoisotopic (exact) mass is 314 g/mol. The molecule has 3 aromatic rings. The topological polar surface area (TPSA) is 29.6 Å². The summed E-state index contributed by atoms with van der Waals surface area (Å²) in [6.07, 6.45) is -0.242. The van der Waals surface area contributed by atoms with Crippen LogP contribution in [-0.2, 0) is 10.3 Å². The first kappa shape index (κ1) is 14.9. The van der Waals surface area contributed by atoms with Gasteiger partial charge in [0.15, 0.2) is 5.60 Å². The Balaban J connectivity index is 1.78. The average Bonchev–Trinajstić information content (AvgIpc) is 3.40. The van der Waals surface area contributed by atoms with Gasteiger partial charge in [-0.05, 0) is 18.1 Å². The Morgan fingerprint density at radius 3 is 2.04 bits per heavy atom. The number of ether oxygens (including phenoxy) is 1. The molecule has 118 valence electrons. The molecule has 4 rings (SSSR count). The zero-order valence-electron chi connectivity index (χ0n) is 13.5. The molecule has 0 saturated carbocycles. The lowest BCUT2D eigenvalue weighted by molar-refractivity contribution is 0.0871. The summed E-state index contributed by atoms with van der Waals surface area (Å²) in [7, 11) is 0. The van der Waals surface area contributed by atoms with Crippen molar-refractivity contribution in [2.45, 2.75) is 18.6 Å². The summed E-state index contributed by atoms with van der Waals surface area (Å²) < 4.78 is 6.08. The van der Waals surface area contributed by atoms with Crippen LogP contribution in [0.15, 0.2) is 84.9 Å². The summed E-state index contributed by atoms with van der Waals surface area (Å²) in [5, 5.41) is 0. The molecule has 1 fully saturated rings. The number of benzene rings is 3. The van der Waals surface area contributed by atoms with Gasteiger partial charge < -0.3 is 4.74 Å². The van der Waals surface area contributed by atoms with Gasteiger partial charge in [0.1, 0.15) is 6.10 Å². The fourth-order valence-corrected chi connectivity index (χ4v) is 3.21. The van der Waals surface area contributed by atoms with Crippen LogP contribution in [0, 0.1) is 6.92 Å². The second-order valence-electron chi connectivity index (χ2n) is 6.21. The van der Waals surface area contributed by atoms with E-state index in [1.165, 1.54) is 5.56 Å².